The summed E-state index contributed by atoms with van der Waals surface area (Å²) in [6.45, 7) is 1.99. The fourth-order valence-corrected chi connectivity index (χ4v) is 5.25. The van der Waals surface area contributed by atoms with E-state index in [0.717, 1.165) is 11.1 Å². The summed E-state index contributed by atoms with van der Waals surface area (Å²) in [5.74, 6) is 0.768. The molecule has 0 saturated carbocycles. The summed E-state index contributed by atoms with van der Waals surface area (Å²) < 4.78 is 33.4. The number of nitrogens with one attached hydrogen (secondary N) is 1. The molecule has 2 aromatic heterocycles. The molecule has 0 fully saturated rings. The van der Waals surface area contributed by atoms with E-state index in [2.05, 4.69) is 14.9 Å². The van der Waals surface area contributed by atoms with Crippen molar-refractivity contribution in [3.8, 4) is 22.2 Å². The van der Waals surface area contributed by atoms with Gasteiger partial charge in [-0.05, 0) is 18.6 Å². The van der Waals surface area contributed by atoms with Gasteiger partial charge < -0.3 is 4.52 Å². The Kier molecular flexibility index (Phi) is 5.08. The van der Waals surface area contributed by atoms with Crippen molar-refractivity contribution in [1.82, 2.24) is 14.9 Å². The molecule has 0 bridgehead atoms. The smallest absolute Gasteiger partial charge is 0.268 e. The van der Waals surface area contributed by atoms with E-state index in [-0.39, 0.29) is 11.4 Å². The molecule has 0 aliphatic heterocycles. The van der Waals surface area contributed by atoms with Gasteiger partial charge in [-0.2, -0.15) is 4.98 Å². The summed E-state index contributed by atoms with van der Waals surface area (Å²) in [4.78, 5) is 5.90. The Balaban J connectivity index is 1.57. The van der Waals surface area contributed by atoms with Gasteiger partial charge in [0.25, 0.3) is 5.89 Å². The van der Waals surface area contributed by atoms with Gasteiger partial charge in [0.2, 0.25) is 15.8 Å². The molecule has 6 nitrogen and oxygen atoms in total. The Morgan fingerprint density at radius 3 is 2.43 bits per heavy atom. The van der Waals surface area contributed by atoms with E-state index in [1.165, 1.54) is 11.3 Å². The van der Waals surface area contributed by atoms with Crippen molar-refractivity contribution < 1.29 is 12.9 Å². The van der Waals surface area contributed by atoms with Crippen LogP contribution >= 0.6 is 11.3 Å². The van der Waals surface area contributed by atoms with Gasteiger partial charge in [0.05, 0.1) is 9.77 Å². The van der Waals surface area contributed by atoms with Crippen molar-refractivity contribution in [2.75, 3.05) is 0 Å². The summed E-state index contributed by atoms with van der Waals surface area (Å²) in [6.07, 6.45) is 0. The zero-order valence-electron chi connectivity index (χ0n) is 15.0. The van der Waals surface area contributed by atoms with Crippen LogP contribution in [-0.2, 0) is 16.6 Å². The van der Waals surface area contributed by atoms with Crippen LogP contribution in [0.4, 0.5) is 0 Å². The zero-order valence-corrected chi connectivity index (χ0v) is 16.6. The third-order valence-electron chi connectivity index (χ3n) is 4.14. The van der Waals surface area contributed by atoms with Crippen LogP contribution in [0.2, 0.25) is 0 Å². The largest absolute Gasteiger partial charge is 0.333 e. The Morgan fingerprint density at radius 1 is 1.04 bits per heavy atom. The van der Waals surface area contributed by atoms with E-state index in [4.69, 9.17) is 4.52 Å². The maximum Gasteiger partial charge on any atom is 0.268 e. The molecule has 4 aromatic rings. The molecule has 0 atom stereocenters. The second-order valence-electron chi connectivity index (χ2n) is 6.13. The Labute approximate surface area is 166 Å². The van der Waals surface area contributed by atoms with Gasteiger partial charge in [-0.1, -0.05) is 65.8 Å². The molecule has 2 aromatic carbocycles. The topological polar surface area (TPSA) is 85.1 Å². The van der Waals surface area contributed by atoms with Crippen LogP contribution in [0.25, 0.3) is 22.2 Å². The number of rotatable bonds is 6. The number of aromatic nitrogens is 2. The average Bonchev–Trinajstić information content (AvgIpc) is 3.35. The fourth-order valence-electron chi connectivity index (χ4n) is 2.72. The molecular formula is C20H17N3O3S2. The van der Waals surface area contributed by atoms with Crippen LogP contribution in [0.15, 0.2) is 76.1 Å². The van der Waals surface area contributed by atoms with E-state index in [1.807, 2.05) is 60.7 Å². The van der Waals surface area contributed by atoms with Gasteiger partial charge in [-0.25, -0.2) is 13.1 Å². The molecule has 0 saturated heterocycles. The summed E-state index contributed by atoms with van der Waals surface area (Å²) in [5, 5.41) is 4.00. The minimum absolute atomic E-state index is 0.225. The molecule has 0 spiro atoms. The van der Waals surface area contributed by atoms with Crippen molar-refractivity contribution in [2.45, 2.75) is 18.4 Å². The van der Waals surface area contributed by atoms with Crippen LogP contribution in [0, 0.1) is 6.92 Å². The summed E-state index contributed by atoms with van der Waals surface area (Å²) in [5.41, 5.74) is 1.73. The second kappa shape index (κ2) is 7.67. The monoisotopic (exact) mass is 411 g/mol. The summed E-state index contributed by atoms with van der Waals surface area (Å²) >= 11 is 1.31. The normalized spacial score (nSPS) is 11.6. The van der Waals surface area contributed by atoms with Crippen molar-refractivity contribution in [2.24, 2.45) is 0 Å². The number of aryl methyl sites for hydroxylation is 1. The van der Waals surface area contributed by atoms with E-state index in [9.17, 15) is 8.42 Å². The highest BCUT2D eigenvalue weighted by atomic mass is 32.2. The molecule has 142 valence electrons. The van der Waals surface area contributed by atoms with Crippen LogP contribution in [-0.4, -0.2) is 18.6 Å². The molecule has 0 radical (unpaired) electrons. The van der Waals surface area contributed by atoms with E-state index in [0.29, 0.717) is 21.5 Å². The lowest BCUT2D eigenvalue weighted by Gasteiger charge is -2.06. The number of hydrogen-bond acceptors (Lipinski definition) is 6. The van der Waals surface area contributed by atoms with Gasteiger partial charge in [-0.15, -0.1) is 11.3 Å². The molecule has 2 heterocycles. The first-order chi connectivity index (χ1) is 13.5. The van der Waals surface area contributed by atoms with E-state index >= 15 is 0 Å². The van der Waals surface area contributed by atoms with Crippen LogP contribution in [0.3, 0.4) is 0 Å². The third-order valence-corrected chi connectivity index (χ3v) is 6.83. The molecule has 0 amide bonds. The minimum Gasteiger partial charge on any atom is -0.333 e. The average molecular weight is 412 g/mol. The third kappa shape index (κ3) is 3.89. The zero-order chi connectivity index (χ0) is 19.6. The first-order valence-corrected chi connectivity index (χ1v) is 10.9. The summed E-state index contributed by atoms with van der Waals surface area (Å²) in [6, 6.07) is 20.4. The molecule has 0 aliphatic rings. The van der Waals surface area contributed by atoms with Gasteiger partial charge in [-0.3, -0.25) is 0 Å². The molecule has 28 heavy (non-hydrogen) atoms. The molecule has 0 aliphatic carbocycles. The van der Waals surface area contributed by atoms with Crippen LogP contribution < -0.4 is 4.72 Å². The SMILES string of the molecule is Cc1sc(-c2nc(-c3ccccc3)no2)cc1S(=O)(=O)NCc1ccccc1. The lowest BCUT2D eigenvalue weighted by molar-refractivity contribution is 0.433. The molecule has 0 unspecified atom stereocenters. The lowest BCUT2D eigenvalue weighted by Crippen LogP contribution is -2.23. The van der Waals surface area contributed by atoms with Gasteiger partial charge >= 0.3 is 0 Å². The van der Waals surface area contributed by atoms with Gasteiger partial charge in [0.1, 0.15) is 0 Å². The maximum absolute atomic E-state index is 12.7. The molecule has 1 N–H and O–H groups in total. The van der Waals surface area contributed by atoms with Crippen LogP contribution in [0.5, 0.6) is 0 Å². The molecule has 4 rings (SSSR count). The second-order valence-corrected chi connectivity index (χ2v) is 9.12. The first-order valence-electron chi connectivity index (χ1n) is 8.56. The fraction of sp³-hybridized carbons (Fsp3) is 0.100. The van der Waals surface area contributed by atoms with Crippen molar-refractivity contribution in [3.63, 3.8) is 0 Å². The highest BCUT2D eigenvalue weighted by Gasteiger charge is 2.22. The Morgan fingerprint density at radius 2 is 1.71 bits per heavy atom. The summed E-state index contributed by atoms with van der Waals surface area (Å²) in [7, 11) is -3.65. The quantitative estimate of drug-likeness (QED) is 0.513. The Hall–Kier alpha value is -2.81. The standard InChI is InChI=1S/C20H17N3O3S2/c1-14-18(28(24,25)21-13-15-8-4-2-5-9-15)12-17(27-14)20-22-19(23-26-20)16-10-6-3-7-11-16/h2-12,21H,13H2,1H3. The number of benzene rings is 2. The van der Waals surface area contributed by atoms with Crippen molar-refractivity contribution in [3.05, 3.63) is 77.2 Å². The molecular weight excluding hydrogens is 394 g/mol. The Bertz CT molecular complexity index is 1180. The number of thiophene rings is 1. The van der Waals surface area contributed by atoms with E-state index < -0.39 is 10.0 Å². The van der Waals surface area contributed by atoms with Crippen LogP contribution in [0.1, 0.15) is 10.4 Å². The van der Waals surface area contributed by atoms with Crippen molar-refractivity contribution in [1.29, 1.82) is 0 Å². The predicted molar refractivity (Wildman–Crippen MR) is 108 cm³/mol. The highest BCUT2D eigenvalue weighted by molar-refractivity contribution is 7.89. The number of nitrogens with zero attached hydrogens (tertiary/aromatic N) is 2. The van der Waals surface area contributed by atoms with Crippen molar-refractivity contribution >= 4 is 21.4 Å². The molecule has 8 heteroatoms. The van der Waals surface area contributed by atoms with E-state index in [1.54, 1.807) is 13.0 Å². The maximum atomic E-state index is 12.7. The van der Waals surface area contributed by atoms with Gasteiger partial charge in [0.15, 0.2) is 0 Å². The first kappa shape index (κ1) is 18.5. The lowest BCUT2D eigenvalue weighted by atomic mass is 10.2. The highest BCUT2D eigenvalue weighted by Crippen LogP contribution is 2.33. The minimum atomic E-state index is -3.65. The van der Waals surface area contributed by atoms with Gasteiger partial charge in [0, 0.05) is 17.0 Å². The number of sulfonamides is 1. The number of hydrogen-bond donors (Lipinski definition) is 1. The predicted octanol–water partition coefficient (Wildman–Crippen LogP) is 4.25.